The van der Waals surface area contributed by atoms with Crippen LogP contribution in [0, 0.1) is 18.3 Å². The second-order valence-electron chi connectivity index (χ2n) is 8.83. The molecule has 2 saturated heterocycles. The van der Waals surface area contributed by atoms with Crippen LogP contribution in [0.4, 0.5) is 0 Å². The predicted octanol–water partition coefficient (Wildman–Crippen LogP) is 3.59. The highest BCUT2D eigenvalue weighted by molar-refractivity contribution is 5.94. The van der Waals surface area contributed by atoms with E-state index in [2.05, 4.69) is 13.8 Å². The van der Waals surface area contributed by atoms with E-state index in [0.717, 1.165) is 50.9 Å². The van der Waals surface area contributed by atoms with Gasteiger partial charge in [-0.2, -0.15) is 0 Å². The van der Waals surface area contributed by atoms with E-state index in [0.29, 0.717) is 24.4 Å². The number of likely N-dealkylation sites (tertiary alicyclic amines) is 2. The standard InChI is InChI=1S/C22H32N2O3/c1-16(2)8-12-23-14-22(10-7-20(23)26)9-4-11-24(15-22)21(27)18-6-5-17(3)19(25)13-18/h5-6,13,16,25H,4,7-12,14-15H2,1-3H3. The molecule has 1 aromatic rings. The van der Waals surface area contributed by atoms with E-state index in [1.54, 1.807) is 18.2 Å². The Hall–Kier alpha value is -2.04. The minimum absolute atomic E-state index is 0.0185. The minimum atomic E-state index is -0.0185. The largest absolute Gasteiger partial charge is 0.508 e. The first kappa shape index (κ1) is 19.7. The summed E-state index contributed by atoms with van der Waals surface area (Å²) in [5.41, 5.74) is 1.33. The number of carbonyl (C=O) groups is 2. The van der Waals surface area contributed by atoms with Gasteiger partial charge in [0.1, 0.15) is 5.75 Å². The van der Waals surface area contributed by atoms with E-state index in [9.17, 15) is 14.7 Å². The van der Waals surface area contributed by atoms with Gasteiger partial charge >= 0.3 is 0 Å². The molecule has 148 valence electrons. The fourth-order valence-corrected chi connectivity index (χ4v) is 4.36. The third-order valence-corrected chi connectivity index (χ3v) is 6.13. The number of hydrogen-bond donors (Lipinski definition) is 1. The van der Waals surface area contributed by atoms with Gasteiger partial charge in [0.05, 0.1) is 0 Å². The lowest BCUT2D eigenvalue weighted by Gasteiger charge is -2.48. The van der Waals surface area contributed by atoms with Crippen LogP contribution in [0.25, 0.3) is 0 Å². The topological polar surface area (TPSA) is 60.9 Å². The molecule has 2 aliphatic rings. The Morgan fingerprint density at radius 3 is 2.74 bits per heavy atom. The van der Waals surface area contributed by atoms with E-state index in [4.69, 9.17) is 0 Å². The Morgan fingerprint density at radius 1 is 1.26 bits per heavy atom. The quantitative estimate of drug-likeness (QED) is 0.879. The molecule has 1 aromatic carbocycles. The molecule has 2 heterocycles. The van der Waals surface area contributed by atoms with Gasteiger partial charge in [-0.15, -0.1) is 0 Å². The average molecular weight is 373 g/mol. The zero-order valence-corrected chi connectivity index (χ0v) is 16.8. The summed E-state index contributed by atoms with van der Waals surface area (Å²) in [4.78, 5) is 29.3. The number of aryl methyl sites for hydroxylation is 1. The van der Waals surface area contributed by atoms with Crippen molar-refractivity contribution in [1.82, 2.24) is 9.80 Å². The molecule has 2 aliphatic heterocycles. The number of rotatable bonds is 4. The zero-order valence-electron chi connectivity index (χ0n) is 16.8. The molecule has 3 rings (SSSR count). The molecule has 0 radical (unpaired) electrons. The molecule has 5 heteroatoms. The number of amides is 2. The second kappa shape index (κ2) is 7.91. The number of phenolic OH excluding ortho intramolecular Hbond substituents is 1. The molecule has 1 unspecified atom stereocenters. The number of benzene rings is 1. The van der Waals surface area contributed by atoms with Gasteiger partial charge in [-0.1, -0.05) is 19.9 Å². The van der Waals surface area contributed by atoms with Crippen molar-refractivity contribution in [2.45, 2.75) is 52.9 Å². The van der Waals surface area contributed by atoms with Crippen LogP contribution in [0.3, 0.4) is 0 Å². The third-order valence-electron chi connectivity index (χ3n) is 6.13. The Labute approximate surface area is 162 Å². The van der Waals surface area contributed by atoms with Crippen LogP contribution in [0.2, 0.25) is 0 Å². The molecule has 27 heavy (non-hydrogen) atoms. The van der Waals surface area contributed by atoms with E-state index in [-0.39, 0.29) is 23.0 Å². The number of hydrogen-bond acceptors (Lipinski definition) is 3. The zero-order chi connectivity index (χ0) is 19.6. The first-order valence-corrected chi connectivity index (χ1v) is 10.2. The lowest BCUT2D eigenvalue weighted by molar-refractivity contribution is -0.139. The molecule has 0 aromatic heterocycles. The summed E-state index contributed by atoms with van der Waals surface area (Å²) in [5.74, 6) is 0.980. The Kier molecular flexibility index (Phi) is 5.78. The van der Waals surface area contributed by atoms with E-state index in [1.807, 2.05) is 16.7 Å². The van der Waals surface area contributed by atoms with Crippen LogP contribution in [0.1, 0.15) is 61.9 Å². The van der Waals surface area contributed by atoms with Crippen molar-refractivity contribution in [3.8, 4) is 5.75 Å². The molecule has 5 nitrogen and oxygen atoms in total. The first-order chi connectivity index (χ1) is 12.8. The number of nitrogens with zero attached hydrogens (tertiary/aromatic N) is 2. The summed E-state index contributed by atoms with van der Waals surface area (Å²) >= 11 is 0. The van der Waals surface area contributed by atoms with Crippen LogP contribution < -0.4 is 0 Å². The summed E-state index contributed by atoms with van der Waals surface area (Å²) in [7, 11) is 0. The molecular weight excluding hydrogens is 340 g/mol. The third kappa shape index (κ3) is 4.45. The van der Waals surface area contributed by atoms with E-state index >= 15 is 0 Å². The van der Waals surface area contributed by atoms with E-state index < -0.39 is 0 Å². The average Bonchev–Trinajstić information content (AvgIpc) is 2.64. The van der Waals surface area contributed by atoms with Gasteiger partial charge in [-0.3, -0.25) is 9.59 Å². The number of carbonyl (C=O) groups excluding carboxylic acids is 2. The number of piperidine rings is 2. The normalized spacial score (nSPS) is 23.3. The summed E-state index contributed by atoms with van der Waals surface area (Å²) in [6.45, 7) is 9.22. The molecule has 1 N–H and O–H groups in total. The van der Waals surface area contributed by atoms with E-state index in [1.165, 1.54) is 0 Å². The van der Waals surface area contributed by atoms with Crippen LogP contribution in [-0.2, 0) is 4.79 Å². The van der Waals surface area contributed by atoms with Crippen molar-refractivity contribution >= 4 is 11.8 Å². The molecular formula is C22H32N2O3. The highest BCUT2D eigenvalue weighted by atomic mass is 16.3. The highest BCUT2D eigenvalue weighted by Crippen LogP contribution is 2.39. The smallest absolute Gasteiger partial charge is 0.254 e. The monoisotopic (exact) mass is 372 g/mol. The lowest BCUT2D eigenvalue weighted by atomic mass is 9.73. The Bertz CT molecular complexity index is 716. The van der Waals surface area contributed by atoms with Gasteiger partial charge in [-0.25, -0.2) is 0 Å². The SMILES string of the molecule is Cc1ccc(C(=O)N2CCCC3(CCC(=O)N(CCC(C)C)C3)C2)cc1O. The van der Waals surface area contributed by atoms with Gasteiger partial charge in [0, 0.05) is 43.6 Å². The van der Waals surface area contributed by atoms with Crippen LogP contribution in [-0.4, -0.2) is 52.9 Å². The predicted molar refractivity (Wildman–Crippen MR) is 106 cm³/mol. The summed E-state index contributed by atoms with van der Waals surface area (Å²) in [5, 5.41) is 9.94. The summed E-state index contributed by atoms with van der Waals surface area (Å²) in [6.07, 6.45) is 4.52. The number of aromatic hydroxyl groups is 1. The highest BCUT2D eigenvalue weighted by Gasteiger charge is 2.42. The molecule has 0 aliphatic carbocycles. The van der Waals surface area contributed by atoms with Crippen molar-refractivity contribution in [2.24, 2.45) is 11.3 Å². The van der Waals surface area contributed by atoms with Gasteiger partial charge in [-0.05, 0) is 56.2 Å². The second-order valence-corrected chi connectivity index (χ2v) is 8.83. The van der Waals surface area contributed by atoms with Crippen molar-refractivity contribution < 1.29 is 14.7 Å². The van der Waals surface area contributed by atoms with Gasteiger partial charge in [0.15, 0.2) is 0 Å². The Balaban J connectivity index is 1.71. The molecule has 0 saturated carbocycles. The maximum Gasteiger partial charge on any atom is 0.254 e. The molecule has 2 fully saturated rings. The van der Waals surface area contributed by atoms with Crippen molar-refractivity contribution in [1.29, 1.82) is 0 Å². The minimum Gasteiger partial charge on any atom is -0.508 e. The maximum absolute atomic E-state index is 13.0. The van der Waals surface area contributed by atoms with Crippen LogP contribution in [0.5, 0.6) is 5.75 Å². The number of phenols is 1. The van der Waals surface area contributed by atoms with Gasteiger partial charge in [0.2, 0.25) is 5.91 Å². The fraction of sp³-hybridized carbons (Fsp3) is 0.636. The van der Waals surface area contributed by atoms with Crippen LogP contribution >= 0.6 is 0 Å². The maximum atomic E-state index is 13.0. The van der Waals surface area contributed by atoms with Crippen molar-refractivity contribution in [3.63, 3.8) is 0 Å². The molecule has 0 bridgehead atoms. The Morgan fingerprint density at radius 2 is 2.04 bits per heavy atom. The molecule has 2 amide bonds. The van der Waals surface area contributed by atoms with Crippen LogP contribution in [0.15, 0.2) is 18.2 Å². The van der Waals surface area contributed by atoms with Gasteiger partial charge < -0.3 is 14.9 Å². The van der Waals surface area contributed by atoms with Crippen molar-refractivity contribution in [2.75, 3.05) is 26.2 Å². The lowest BCUT2D eigenvalue weighted by Crippen LogP contribution is -2.55. The summed E-state index contributed by atoms with van der Waals surface area (Å²) < 4.78 is 0. The molecule has 1 atom stereocenters. The summed E-state index contributed by atoms with van der Waals surface area (Å²) in [6, 6.07) is 5.14. The fourth-order valence-electron chi connectivity index (χ4n) is 4.36. The molecule has 1 spiro atoms. The van der Waals surface area contributed by atoms with Crippen molar-refractivity contribution in [3.05, 3.63) is 29.3 Å². The van der Waals surface area contributed by atoms with Gasteiger partial charge in [0.25, 0.3) is 5.91 Å². The first-order valence-electron chi connectivity index (χ1n) is 10.2.